The van der Waals surface area contributed by atoms with Crippen LogP contribution in [0.1, 0.15) is 31.4 Å². The third-order valence-electron chi connectivity index (χ3n) is 5.24. The van der Waals surface area contributed by atoms with Gasteiger partial charge in [0, 0.05) is 18.8 Å². The van der Waals surface area contributed by atoms with Gasteiger partial charge in [-0.25, -0.2) is 13.2 Å². The molecule has 1 aliphatic heterocycles. The van der Waals surface area contributed by atoms with Gasteiger partial charge in [0.1, 0.15) is 0 Å². The van der Waals surface area contributed by atoms with Crippen molar-refractivity contribution in [2.45, 2.75) is 30.8 Å². The van der Waals surface area contributed by atoms with Crippen LogP contribution in [0.5, 0.6) is 0 Å². The van der Waals surface area contributed by atoms with E-state index in [0.29, 0.717) is 31.6 Å². The summed E-state index contributed by atoms with van der Waals surface area (Å²) in [5.74, 6) is 0.131. The van der Waals surface area contributed by atoms with Crippen LogP contribution in [-0.2, 0) is 9.84 Å². The fraction of sp³-hybridized carbons (Fsp3) is 0.381. The molecule has 1 aliphatic rings. The zero-order chi connectivity index (χ0) is 20.1. The normalized spacial score (nSPS) is 16.6. The van der Waals surface area contributed by atoms with Crippen LogP contribution in [0.25, 0.3) is 0 Å². The van der Waals surface area contributed by atoms with Crippen molar-refractivity contribution >= 4 is 21.6 Å². The lowest BCUT2D eigenvalue weighted by atomic mass is 9.87. The minimum absolute atomic E-state index is 0.0155. The molecule has 2 amide bonds. The first kappa shape index (κ1) is 20.4. The van der Waals surface area contributed by atoms with E-state index in [0.717, 1.165) is 5.56 Å². The maximum atomic E-state index is 12.5. The van der Waals surface area contributed by atoms with Crippen molar-refractivity contribution in [1.82, 2.24) is 4.90 Å². The second-order valence-corrected chi connectivity index (χ2v) is 9.32. The number of benzene rings is 2. The molecule has 1 fully saturated rings. The van der Waals surface area contributed by atoms with E-state index in [1.807, 2.05) is 30.3 Å². The SMILES string of the molecule is CCS(=O)(=O)c1cccc(NC(=O)N2CCC(C(O)c3ccccc3)CC2)c1. The number of carbonyl (C=O) groups is 1. The lowest BCUT2D eigenvalue weighted by Gasteiger charge is -2.34. The summed E-state index contributed by atoms with van der Waals surface area (Å²) >= 11 is 0. The van der Waals surface area contributed by atoms with Crippen LogP contribution >= 0.6 is 0 Å². The maximum Gasteiger partial charge on any atom is 0.321 e. The molecule has 2 aromatic rings. The van der Waals surface area contributed by atoms with Gasteiger partial charge in [0.05, 0.1) is 16.8 Å². The highest BCUT2D eigenvalue weighted by atomic mass is 32.2. The van der Waals surface area contributed by atoms with Gasteiger partial charge in [-0.15, -0.1) is 0 Å². The summed E-state index contributed by atoms with van der Waals surface area (Å²) in [7, 11) is -3.32. The zero-order valence-electron chi connectivity index (χ0n) is 15.9. The fourth-order valence-electron chi connectivity index (χ4n) is 3.48. The van der Waals surface area contributed by atoms with Crippen molar-refractivity contribution in [2.24, 2.45) is 5.92 Å². The lowest BCUT2D eigenvalue weighted by Crippen LogP contribution is -2.42. The van der Waals surface area contributed by atoms with Crippen molar-refractivity contribution in [3.8, 4) is 0 Å². The number of anilines is 1. The van der Waals surface area contributed by atoms with Crippen molar-refractivity contribution in [3.63, 3.8) is 0 Å². The Kier molecular flexibility index (Phi) is 6.36. The molecule has 1 atom stereocenters. The van der Waals surface area contributed by atoms with E-state index in [1.165, 1.54) is 12.1 Å². The molecule has 1 heterocycles. The second-order valence-electron chi connectivity index (χ2n) is 7.04. The van der Waals surface area contributed by atoms with Gasteiger partial charge in [0.25, 0.3) is 0 Å². The highest BCUT2D eigenvalue weighted by molar-refractivity contribution is 7.91. The molecule has 6 nitrogen and oxygen atoms in total. The molecule has 0 radical (unpaired) electrons. The smallest absolute Gasteiger partial charge is 0.321 e. The largest absolute Gasteiger partial charge is 0.388 e. The van der Waals surface area contributed by atoms with Crippen LogP contribution in [0.4, 0.5) is 10.5 Å². The Labute approximate surface area is 166 Å². The van der Waals surface area contributed by atoms with Crippen molar-refractivity contribution in [1.29, 1.82) is 0 Å². The van der Waals surface area contributed by atoms with Gasteiger partial charge in [0.15, 0.2) is 9.84 Å². The van der Waals surface area contributed by atoms with E-state index in [9.17, 15) is 18.3 Å². The molecule has 2 aromatic carbocycles. The Morgan fingerprint density at radius 3 is 2.46 bits per heavy atom. The number of sulfone groups is 1. The number of nitrogens with zero attached hydrogens (tertiary/aromatic N) is 1. The van der Waals surface area contributed by atoms with Crippen LogP contribution in [-0.4, -0.2) is 43.3 Å². The van der Waals surface area contributed by atoms with Crippen LogP contribution < -0.4 is 5.32 Å². The molecular weight excluding hydrogens is 376 g/mol. The monoisotopic (exact) mass is 402 g/mol. The quantitative estimate of drug-likeness (QED) is 0.802. The number of aliphatic hydroxyl groups excluding tert-OH is 1. The number of nitrogens with one attached hydrogen (secondary N) is 1. The van der Waals surface area contributed by atoms with Crippen molar-refractivity contribution in [3.05, 3.63) is 60.2 Å². The van der Waals surface area contributed by atoms with Gasteiger partial charge in [0.2, 0.25) is 0 Å². The number of rotatable bonds is 5. The number of carbonyl (C=O) groups excluding carboxylic acids is 1. The first-order chi connectivity index (χ1) is 13.4. The van der Waals surface area contributed by atoms with E-state index in [2.05, 4.69) is 5.32 Å². The number of amides is 2. The molecule has 2 N–H and O–H groups in total. The molecular formula is C21H26N2O4S. The van der Waals surface area contributed by atoms with Crippen LogP contribution in [0.3, 0.4) is 0 Å². The minimum Gasteiger partial charge on any atom is -0.388 e. The van der Waals surface area contributed by atoms with E-state index < -0.39 is 15.9 Å². The number of hydrogen-bond acceptors (Lipinski definition) is 4. The predicted octanol–water partition coefficient (Wildman–Crippen LogP) is 3.46. The van der Waals surface area contributed by atoms with Gasteiger partial charge in [-0.1, -0.05) is 43.3 Å². The van der Waals surface area contributed by atoms with Gasteiger partial charge in [-0.05, 0) is 42.5 Å². The van der Waals surface area contributed by atoms with Crippen LogP contribution in [0.15, 0.2) is 59.5 Å². The van der Waals surface area contributed by atoms with Crippen molar-refractivity contribution < 1.29 is 18.3 Å². The minimum atomic E-state index is -3.32. The second kappa shape index (κ2) is 8.75. The molecule has 0 spiro atoms. The first-order valence-electron chi connectivity index (χ1n) is 9.52. The van der Waals surface area contributed by atoms with E-state index >= 15 is 0 Å². The molecule has 1 saturated heterocycles. The standard InChI is InChI=1S/C21H26N2O4S/c1-2-28(26,27)19-10-6-9-18(15-19)22-21(25)23-13-11-17(12-14-23)20(24)16-7-4-3-5-8-16/h3-10,15,17,20,24H,2,11-14H2,1H3,(H,22,25). The topological polar surface area (TPSA) is 86.7 Å². The molecule has 28 heavy (non-hydrogen) atoms. The molecule has 1 unspecified atom stereocenters. The summed E-state index contributed by atoms with van der Waals surface area (Å²) in [6.07, 6.45) is 0.906. The van der Waals surface area contributed by atoms with Gasteiger partial charge in [-0.2, -0.15) is 0 Å². The molecule has 0 aromatic heterocycles. The van der Waals surface area contributed by atoms with Gasteiger partial charge in [-0.3, -0.25) is 0 Å². The van der Waals surface area contributed by atoms with E-state index in [4.69, 9.17) is 0 Å². The Bertz CT molecular complexity index is 907. The zero-order valence-corrected chi connectivity index (χ0v) is 16.7. The van der Waals surface area contributed by atoms with Crippen LogP contribution in [0.2, 0.25) is 0 Å². The van der Waals surface area contributed by atoms with Gasteiger partial charge < -0.3 is 15.3 Å². The van der Waals surface area contributed by atoms with Crippen molar-refractivity contribution in [2.75, 3.05) is 24.2 Å². The van der Waals surface area contributed by atoms with Gasteiger partial charge >= 0.3 is 6.03 Å². The Morgan fingerprint density at radius 1 is 1.14 bits per heavy atom. The number of aliphatic hydroxyl groups is 1. The van der Waals surface area contributed by atoms with E-state index in [-0.39, 0.29) is 22.6 Å². The average Bonchev–Trinajstić information content (AvgIpc) is 2.74. The first-order valence-corrected chi connectivity index (χ1v) is 11.2. The third-order valence-corrected chi connectivity index (χ3v) is 6.97. The summed E-state index contributed by atoms with van der Waals surface area (Å²) in [6.45, 7) is 2.69. The molecule has 0 aliphatic carbocycles. The predicted molar refractivity (Wildman–Crippen MR) is 109 cm³/mol. The number of likely N-dealkylation sites (tertiary alicyclic amines) is 1. The fourth-order valence-corrected chi connectivity index (χ4v) is 4.40. The summed E-state index contributed by atoms with van der Waals surface area (Å²) < 4.78 is 24.0. The highest BCUT2D eigenvalue weighted by Gasteiger charge is 2.28. The molecule has 0 saturated carbocycles. The van der Waals surface area contributed by atoms with Crippen LogP contribution in [0, 0.1) is 5.92 Å². The molecule has 150 valence electrons. The molecule has 3 rings (SSSR count). The summed E-state index contributed by atoms with van der Waals surface area (Å²) in [4.78, 5) is 14.5. The summed E-state index contributed by atoms with van der Waals surface area (Å²) in [5, 5.41) is 13.3. The Hall–Kier alpha value is -2.38. The maximum absolute atomic E-state index is 12.5. The number of hydrogen-bond donors (Lipinski definition) is 2. The Morgan fingerprint density at radius 2 is 1.82 bits per heavy atom. The number of urea groups is 1. The molecule has 0 bridgehead atoms. The summed E-state index contributed by atoms with van der Waals surface area (Å²) in [5.41, 5.74) is 1.37. The highest BCUT2D eigenvalue weighted by Crippen LogP contribution is 2.30. The Balaban J connectivity index is 1.58. The average molecular weight is 403 g/mol. The molecule has 7 heteroatoms. The lowest BCUT2D eigenvalue weighted by molar-refractivity contribution is 0.0683. The number of piperidine rings is 1. The summed E-state index contributed by atoms with van der Waals surface area (Å²) in [6, 6.07) is 15.7. The third kappa shape index (κ3) is 4.72. The van der Waals surface area contributed by atoms with E-state index in [1.54, 1.807) is 24.0 Å².